The number of allylic oxidation sites excluding steroid dienone is 1. The first-order chi connectivity index (χ1) is 28.3. The molecule has 1 aliphatic heterocycles. The van der Waals surface area contributed by atoms with Crippen molar-refractivity contribution in [2.45, 2.75) is 71.6 Å². The Hall–Kier alpha value is -4.97. The zero-order valence-electron chi connectivity index (χ0n) is 34.5. The van der Waals surface area contributed by atoms with Crippen LogP contribution in [-0.4, -0.2) is 64.7 Å². The number of phenols is 1. The average Bonchev–Trinajstić information content (AvgIpc) is 3.84. The lowest BCUT2D eigenvalue weighted by atomic mass is 9.68. The highest BCUT2D eigenvalue weighted by Crippen LogP contribution is 2.48. The second-order valence-corrected chi connectivity index (χ2v) is 22.3. The van der Waals surface area contributed by atoms with Gasteiger partial charge < -0.3 is 19.7 Å². The molecule has 1 fully saturated rings. The Morgan fingerprint density at radius 1 is 0.932 bits per heavy atom. The van der Waals surface area contributed by atoms with Crippen LogP contribution in [0.25, 0.3) is 11.6 Å². The Kier molecular flexibility index (Phi) is 12.7. The van der Waals surface area contributed by atoms with Crippen LogP contribution in [0, 0.1) is 31.6 Å². The van der Waals surface area contributed by atoms with Gasteiger partial charge in [0.15, 0.2) is 0 Å². The summed E-state index contributed by atoms with van der Waals surface area (Å²) in [5, 5.41) is 38.0. The van der Waals surface area contributed by atoms with E-state index in [4.69, 9.17) is 4.43 Å². The Morgan fingerprint density at radius 3 is 2.14 bits per heavy atom. The van der Waals surface area contributed by atoms with Crippen LogP contribution < -0.4 is 10.4 Å². The van der Waals surface area contributed by atoms with E-state index >= 15 is 0 Å². The number of carbonyl (C=O) groups is 2. The summed E-state index contributed by atoms with van der Waals surface area (Å²) in [6.45, 7) is 10.3. The molecule has 5 aromatic rings. The molecule has 0 spiro atoms. The molecular formula is C49H54N2O6SSi. The van der Waals surface area contributed by atoms with E-state index in [9.17, 15) is 24.9 Å². The van der Waals surface area contributed by atoms with E-state index in [2.05, 4.69) is 50.0 Å². The number of aryl methyl sites for hydroxylation is 2. The van der Waals surface area contributed by atoms with Crippen LogP contribution in [0.4, 0.5) is 0 Å². The average molecular weight is 827 g/mol. The summed E-state index contributed by atoms with van der Waals surface area (Å²) in [5.74, 6) is -2.56. The zero-order valence-corrected chi connectivity index (χ0v) is 36.3. The topological polar surface area (TPSA) is 120 Å². The van der Waals surface area contributed by atoms with Gasteiger partial charge in [0.05, 0.1) is 43.4 Å². The van der Waals surface area contributed by atoms with Crippen molar-refractivity contribution < 1.29 is 29.3 Å². The molecule has 2 amide bonds. The lowest BCUT2D eigenvalue weighted by Gasteiger charge is -2.44. The number of hydrogen-bond acceptors (Lipinski definition) is 8. The molecule has 3 N–H and O–H groups in total. The molecular weight excluding hydrogens is 773 g/mol. The van der Waals surface area contributed by atoms with Gasteiger partial charge in [-0.3, -0.25) is 19.5 Å². The van der Waals surface area contributed by atoms with Gasteiger partial charge in [0.1, 0.15) is 5.75 Å². The molecule has 306 valence electrons. The number of benzene rings is 3. The maximum atomic E-state index is 14.3. The van der Waals surface area contributed by atoms with Gasteiger partial charge in [-0.05, 0) is 124 Å². The summed E-state index contributed by atoms with van der Waals surface area (Å²) in [4.78, 5) is 35.5. The lowest BCUT2D eigenvalue weighted by Crippen LogP contribution is -2.66. The van der Waals surface area contributed by atoms with Gasteiger partial charge in [-0.25, -0.2) is 0 Å². The van der Waals surface area contributed by atoms with Gasteiger partial charge in [0, 0.05) is 17.0 Å². The van der Waals surface area contributed by atoms with Gasteiger partial charge in [0.2, 0.25) is 11.8 Å². The van der Waals surface area contributed by atoms with E-state index < -0.39 is 38.8 Å². The quantitative estimate of drug-likeness (QED) is 0.0593. The van der Waals surface area contributed by atoms with Crippen LogP contribution in [0.1, 0.15) is 67.3 Å². The molecule has 1 aliphatic carbocycles. The smallest absolute Gasteiger partial charge is 0.261 e. The van der Waals surface area contributed by atoms with Gasteiger partial charge >= 0.3 is 0 Å². The standard InChI is InChI=1S/C49H54N2O6SSi/c1-32-25-34(26-33(2)46(32)54)27-35(42-20-12-13-23-50-42)21-22-43(53)44-36(28-40-45(41(44)30-52)48(56)51(47(40)55)29-37-15-14-24-58-37)31-57-59(49(3,4)5,38-16-8-6-9-17-38)39-18-10-7-11-19-39/h6-20,23-27,40-41,43,45,52-54H,21-22,28-31H2,1-5H3/b35-27-/t40-,41+,43-,45-/m1/s1. The van der Waals surface area contributed by atoms with Crippen molar-refractivity contribution in [3.8, 4) is 5.75 Å². The molecule has 1 saturated heterocycles. The van der Waals surface area contributed by atoms with Gasteiger partial charge in [-0.1, -0.05) is 93.6 Å². The number of aliphatic hydroxyl groups is 2. The van der Waals surface area contributed by atoms with E-state index in [1.165, 1.54) is 16.2 Å². The number of rotatable bonds is 14. The molecule has 2 aromatic heterocycles. The van der Waals surface area contributed by atoms with Gasteiger partial charge in [0.25, 0.3) is 8.32 Å². The highest BCUT2D eigenvalue weighted by molar-refractivity contribution is 7.09. The number of amides is 2. The number of phenolic OH excluding ortho intramolecular Hbond substituents is 1. The summed E-state index contributed by atoms with van der Waals surface area (Å²) in [6, 6.07) is 34.1. The molecule has 0 bridgehead atoms. The van der Waals surface area contributed by atoms with Crippen LogP contribution in [0.2, 0.25) is 5.04 Å². The van der Waals surface area contributed by atoms with E-state index in [0.29, 0.717) is 12.0 Å². The largest absolute Gasteiger partial charge is 0.507 e. The minimum Gasteiger partial charge on any atom is -0.507 e. The van der Waals surface area contributed by atoms with E-state index in [0.717, 1.165) is 48.8 Å². The zero-order chi connectivity index (χ0) is 41.9. The molecule has 7 rings (SSSR count). The number of thiophene rings is 1. The van der Waals surface area contributed by atoms with Gasteiger partial charge in [-0.15, -0.1) is 11.3 Å². The number of pyridine rings is 1. The van der Waals surface area contributed by atoms with Crippen molar-refractivity contribution in [2.24, 2.45) is 17.8 Å². The maximum absolute atomic E-state index is 14.3. The molecule has 0 unspecified atom stereocenters. The Labute approximate surface area is 352 Å². The first-order valence-corrected chi connectivity index (χ1v) is 23.2. The fraction of sp³-hybridized carbons (Fsp3) is 0.327. The molecule has 4 atom stereocenters. The fourth-order valence-electron chi connectivity index (χ4n) is 9.38. The highest BCUT2D eigenvalue weighted by Gasteiger charge is 2.56. The minimum absolute atomic E-state index is 0.126. The van der Waals surface area contributed by atoms with E-state index in [1.807, 2.05) is 104 Å². The number of aliphatic hydroxyl groups excluding tert-OH is 2. The molecule has 0 radical (unpaired) electrons. The number of imide groups is 1. The molecule has 8 nitrogen and oxygen atoms in total. The predicted molar refractivity (Wildman–Crippen MR) is 238 cm³/mol. The van der Waals surface area contributed by atoms with Crippen molar-refractivity contribution in [3.05, 3.63) is 153 Å². The summed E-state index contributed by atoms with van der Waals surface area (Å²) < 4.78 is 7.45. The van der Waals surface area contributed by atoms with Crippen LogP contribution in [0.3, 0.4) is 0 Å². The number of aromatic hydroxyl groups is 1. The summed E-state index contributed by atoms with van der Waals surface area (Å²) in [5.41, 5.74) is 5.43. The summed E-state index contributed by atoms with van der Waals surface area (Å²) in [7, 11) is -3.06. The Bertz CT molecular complexity index is 2260. The van der Waals surface area contributed by atoms with Crippen LogP contribution >= 0.6 is 11.3 Å². The maximum Gasteiger partial charge on any atom is 0.261 e. The second kappa shape index (κ2) is 17.7. The van der Waals surface area contributed by atoms with Crippen molar-refractivity contribution in [1.29, 1.82) is 0 Å². The number of nitrogens with zero attached hydrogens (tertiary/aromatic N) is 2. The Morgan fingerprint density at radius 2 is 1.58 bits per heavy atom. The number of carbonyl (C=O) groups excluding carboxylic acids is 2. The first kappa shape index (κ1) is 42.2. The molecule has 0 saturated carbocycles. The second-order valence-electron chi connectivity index (χ2n) is 16.9. The predicted octanol–water partition coefficient (Wildman–Crippen LogP) is 7.83. The van der Waals surface area contributed by atoms with Crippen molar-refractivity contribution in [3.63, 3.8) is 0 Å². The summed E-state index contributed by atoms with van der Waals surface area (Å²) in [6.07, 6.45) is 3.65. The Balaban J connectivity index is 1.30. The lowest BCUT2D eigenvalue weighted by molar-refractivity contribution is -0.140. The van der Waals surface area contributed by atoms with Crippen LogP contribution in [0.5, 0.6) is 5.75 Å². The molecule has 59 heavy (non-hydrogen) atoms. The van der Waals surface area contributed by atoms with Crippen LogP contribution in [0.15, 0.2) is 126 Å². The third-order valence-electron chi connectivity index (χ3n) is 12.1. The third-order valence-corrected chi connectivity index (χ3v) is 18.0. The number of aromatic nitrogens is 1. The number of likely N-dealkylation sites (tertiary alicyclic amines) is 1. The highest BCUT2D eigenvalue weighted by atomic mass is 32.1. The van der Waals surface area contributed by atoms with E-state index in [-0.39, 0.29) is 48.6 Å². The number of hydrogen-bond donors (Lipinski definition) is 3. The SMILES string of the molecule is Cc1cc(/C=C(/CC[C@@H](O)C2=C(CO[Si](c3ccccc3)(c3ccccc3)C(C)(C)C)C[C@H]3C(=O)N(Cc4cccs4)C(=O)[C@H]3[C@H]2CO)c2ccccn2)cc(C)c1O. The molecule has 3 heterocycles. The van der Waals surface area contributed by atoms with E-state index in [1.54, 1.807) is 6.20 Å². The molecule has 10 heteroatoms. The number of fused-ring (bicyclic) bond motifs is 1. The minimum atomic E-state index is -3.06. The normalized spacial score (nSPS) is 19.3. The van der Waals surface area contributed by atoms with Crippen molar-refractivity contribution in [2.75, 3.05) is 13.2 Å². The summed E-state index contributed by atoms with van der Waals surface area (Å²) >= 11 is 1.49. The van der Waals surface area contributed by atoms with Crippen LogP contribution in [-0.2, 0) is 20.6 Å². The van der Waals surface area contributed by atoms with Crippen molar-refractivity contribution >= 4 is 53.5 Å². The third kappa shape index (κ3) is 8.42. The van der Waals surface area contributed by atoms with Crippen molar-refractivity contribution in [1.82, 2.24) is 9.88 Å². The fourth-order valence-corrected chi connectivity index (χ4v) is 14.6. The van der Waals surface area contributed by atoms with Gasteiger partial charge in [-0.2, -0.15) is 0 Å². The molecule has 3 aromatic carbocycles. The monoisotopic (exact) mass is 826 g/mol. The first-order valence-electron chi connectivity index (χ1n) is 20.4. The molecule has 2 aliphatic rings.